The second-order valence-electron chi connectivity index (χ2n) is 4.85. The molecule has 2 rings (SSSR count). The van der Waals surface area contributed by atoms with E-state index in [-0.39, 0.29) is 6.61 Å². The third kappa shape index (κ3) is 1.66. The molecule has 1 nitrogen and oxygen atoms in total. The number of allylic oxidation sites excluding steroid dienone is 3. The van der Waals surface area contributed by atoms with E-state index in [1.165, 1.54) is 19.3 Å². The Balaban J connectivity index is 2.10. The predicted octanol–water partition coefficient (Wildman–Crippen LogP) is 2.92. The number of hydrogen-bond donors (Lipinski definition) is 1. The van der Waals surface area contributed by atoms with Gasteiger partial charge in [0.05, 0.1) is 6.61 Å². The van der Waals surface area contributed by atoms with Crippen molar-refractivity contribution in [2.45, 2.75) is 33.1 Å². The molecule has 0 radical (unpaired) electrons. The minimum Gasteiger partial charge on any atom is -0.392 e. The largest absolute Gasteiger partial charge is 0.392 e. The van der Waals surface area contributed by atoms with Crippen LogP contribution in [0.5, 0.6) is 0 Å². The van der Waals surface area contributed by atoms with Crippen molar-refractivity contribution >= 4 is 0 Å². The van der Waals surface area contributed by atoms with Crippen LogP contribution in [0.1, 0.15) is 33.1 Å². The van der Waals surface area contributed by atoms with E-state index in [9.17, 15) is 0 Å². The topological polar surface area (TPSA) is 20.2 Å². The van der Waals surface area contributed by atoms with E-state index in [1.807, 2.05) is 6.92 Å². The van der Waals surface area contributed by atoms with Crippen LogP contribution in [0.3, 0.4) is 0 Å². The quantitative estimate of drug-likeness (QED) is 0.667. The fourth-order valence-corrected chi connectivity index (χ4v) is 3.19. The molecule has 2 fully saturated rings. The Kier molecular flexibility index (Phi) is 2.78. The standard InChI is InChI=1S/C13H20O/c1-3-11-5-10-6-12(13(11)7-10)4-9(2)8-14/h3-4,10,12-14H,5-8H2,1-2H3/b9-4-,11-3+. The lowest BCUT2D eigenvalue weighted by molar-refractivity contribution is 0.328. The molecule has 0 aromatic heterocycles. The van der Waals surface area contributed by atoms with Gasteiger partial charge in [-0.1, -0.05) is 23.3 Å². The molecule has 0 heterocycles. The van der Waals surface area contributed by atoms with Gasteiger partial charge in [-0.15, -0.1) is 0 Å². The van der Waals surface area contributed by atoms with Gasteiger partial charge < -0.3 is 5.11 Å². The molecule has 0 spiro atoms. The fourth-order valence-electron chi connectivity index (χ4n) is 3.19. The molecule has 14 heavy (non-hydrogen) atoms. The molecule has 0 amide bonds. The Hall–Kier alpha value is -0.560. The van der Waals surface area contributed by atoms with Crippen molar-refractivity contribution in [3.8, 4) is 0 Å². The minimum absolute atomic E-state index is 0.221. The Morgan fingerprint density at radius 1 is 1.50 bits per heavy atom. The number of aliphatic hydroxyl groups excluding tert-OH is 1. The zero-order valence-electron chi connectivity index (χ0n) is 9.16. The van der Waals surface area contributed by atoms with Crippen molar-refractivity contribution in [3.05, 3.63) is 23.3 Å². The average molecular weight is 192 g/mol. The van der Waals surface area contributed by atoms with Crippen LogP contribution in [-0.4, -0.2) is 11.7 Å². The van der Waals surface area contributed by atoms with Crippen LogP contribution in [0.25, 0.3) is 0 Å². The zero-order valence-corrected chi connectivity index (χ0v) is 9.16. The third-order valence-corrected chi connectivity index (χ3v) is 3.83. The molecule has 2 saturated carbocycles. The lowest BCUT2D eigenvalue weighted by Crippen LogP contribution is -2.11. The van der Waals surface area contributed by atoms with Crippen LogP contribution in [0.15, 0.2) is 23.3 Å². The summed E-state index contributed by atoms with van der Waals surface area (Å²) in [6.07, 6.45) is 8.68. The third-order valence-electron chi connectivity index (χ3n) is 3.83. The summed E-state index contributed by atoms with van der Waals surface area (Å²) in [5.41, 5.74) is 2.80. The predicted molar refractivity (Wildman–Crippen MR) is 58.9 cm³/mol. The van der Waals surface area contributed by atoms with Crippen molar-refractivity contribution in [1.29, 1.82) is 0 Å². The van der Waals surface area contributed by atoms with Crippen LogP contribution in [-0.2, 0) is 0 Å². The highest BCUT2D eigenvalue weighted by atomic mass is 16.3. The fraction of sp³-hybridized carbons (Fsp3) is 0.692. The molecule has 2 bridgehead atoms. The first kappa shape index (κ1) is 9.97. The maximum absolute atomic E-state index is 9.01. The van der Waals surface area contributed by atoms with E-state index in [2.05, 4.69) is 19.1 Å². The maximum Gasteiger partial charge on any atom is 0.0639 e. The van der Waals surface area contributed by atoms with Crippen LogP contribution >= 0.6 is 0 Å². The summed E-state index contributed by atoms with van der Waals surface area (Å²) in [7, 11) is 0. The first-order valence-corrected chi connectivity index (χ1v) is 5.67. The van der Waals surface area contributed by atoms with Gasteiger partial charge in [-0.3, -0.25) is 0 Å². The Bertz CT molecular complexity index is 275. The molecule has 0 saturated heterocycles. The summed E-state index contributed by atoms with van der Waals surface area (Å²) in [6.45, 7) is 4.41. The first-order valence-electron chi connectivity index (χ1n) is 5.67. The van der Waals surface area contributed by atoms with Crippen LogP contribution in [0.2, 0.25) is 0 Å². The molecular weight excluding hydrogens is 172 g/mol. The molecule has 0 aliphatic heterocycles. The van der Waals surface area contributed by atoms with Crippen molar-refractivity contribution in [3.63, 3.8) is 0 Å². The van der Waals surface area contributed by atoms with Gasteiger partial charge in [0.15, 0.2) is 0 Å². The molecule has 2 aliphatic carbocycles. The van der Waals surface area contributed by atoms with Gasteiger partial charge in [-0.05, 0) is 50.9 Å². The number of rotatable bonds is 2. The van der Waals surface area contributed by atoms with Gasteiger partial charge >= 0.3 is 0 Å². The van der Waals surface area contributed by atoms with Gasteiger partial charge in [0.25, 0.3) is 0 Å². The van der Waals surface area contributed by atoms with Gasteiger partial charge in [0.2, 0.25) is 0 Å². The Morgan fingerprint density at radius 2 is 2.29 bits per heavy atom. The molecule has 2 aliphatic rings. The van der Waals surface area contributed by atoms with Gasteiger partial charge in [0, 0.05) is 0 Å². The monoisotopic (exact) mass is 192 g/mol. The second-order valence-corrected chi connectivity index (χ2v) is 4.85. The van der Waals surface area contributed by atoms with Crippen LogP contribution in [0, 0.1) is 17.8 Å². The zero-order chi connectivity index (χ0) is 10.1. The summed E-state index contributed by atoms with van der Waals surface area (Å²) >= 11 is 0. The molecule has 0 aromatic carbocycles. The second kappa shape index (κ2) is 3.90. The van der Waals surface area contributed by atoms with E-state index in [0.29, 0.717) is 5.92 Å². The van der Waals surface area contributed by atoms with Crippen molar-refractivity contribution in [2.75, 3.05) is 6.61 Å². The molecule has 0 aromatic rings. The maximum atomic E-state index is 9.01. The summed E-state index contributed by atoms with van der Waals surface area (Å²) in [5.74, 6) is 2.44. The van der Waals surface area contributed by atoms with Gasteiger partial charge in [-0.25, -0.2) is 0 Å². The SMILES string of the molecule is C/C=C1\CC2CC(/C=C(/C)CO)C1C2. The van der Waals surface area contributed by atoms with E-state index in [1.54, 1.807) is 5.57 Å². The van der Waals surface area contributed by atoms with Gasteiger partial charge in [0.1, 0.15) is 0 Å². The van der Waals surface area contributed by atoms with E-state index in [4.69, 9.17) is 5.11 Å². The highest BCUT2D eigenvalue weighted by Crippen LogP contribution is 2.52. The van der Waals surface area contributed by atoms with Crippen molar-refractivity contribution in [2.24, 2.45) is 17.8 Å². The highest BCUT2D eigenvalue weighted by molar-refractivity contribution is 5.22. The number of hydrogen-bond acceptors (Lipinski definition) is 1. The summed E-state index contributed by atoms with van der Waals surface area (Å²) in [6, 6.07) is 0. The van der Waals surface area contributed by atoms with Gasteiger partial charge in [-0.2, -0.15) is 0 Å². The molecular formula is C13H20O. The van der Waals surface area contributed by atoms with Crippen molar-refractivity contribution in [1.82, 2.24) is 0 Å². The molecule has 3 atom stereocenters. The number of aliphatic hydroxyl groups is 1. The summed E-state index contributed by atoms with van der Waals surface area (Å²) in [5, 5.41) is 9.01. The molecule has 1 N–H and O–H groups in total. The summed E-state index contributed by atoms with van der Waals surface area (Å²) in [4.78, 5) is 0. The highest BCUT2D eigenvalue weighted by Gasteiger charge is 2.41. The Morgan fingerprint density at radius 3 is 2.86 bits per heavy atom. The smallest absolute Gasteiger partial charge is 0.0639 e. The van der Waals surface area contributed by atoms with Crippen molar-refractivity contribution < 1.29 is 5.11 Å². The molecule has 1 heteroatoms. The van der Waals surface area contributed by atoms with Crippen LogP contribution < -0.4 is 0 Å². The minimum atomic E-state index is 0.221. The van der Waals surface area contributed by atoms with E-state index < -0.39 is 0 Å². The van der Waals surface area contributed by atoms with Crippen LogP contribution in [0.4, 0.5) is 0 Å². The summed E-state index contributed by atoms with van der Waals surface area (Å²) < 4.78 is 0. The lowest BCUT2D eigenvalue weighted by Gasteiger charge is -2.22. The van der Waals surface area contributed by atoms with E-state index in [0.717, 1.165) is 17.4 Å². The Labute approximate surface area is 86.5 Å². The first-order chi connectivity index (χ1) is 6.74. The molecule has 3 unspecified atom stereocenters. The average Bonchev–Trinajstić information content (AvgIpc) is 2.75. The normalized spacial score (nSPS) is 39.8. The number of fused-ring (bicyclic) bond motifs is 2. The lowest BCUT2D eigenvalue weighted by atomic mass is 9.84. The van der Waals surface area contributed by atoms with E-state index >= 15 is 0 Å². The molecule has 78 valence electrons.